The van der Waals surface area contributed by atoms with Gasteiger partial charge in [-0.25, -0.2) is 4.79 Å². The van der Waals surface area contributed by atoms with Crippen molar-refractivity contribution in [1.82, 2.24) is 10.3 Å². The Hall–Kier alpha value is -2.44. The number of rotatable bonds is 3. The number of nitrogens with one attached hydrogen (secondary N) is 2. The van der Waals surface area contributed by atoms with E-state index < -0.39 is 23.0 Å². The molecular weight excluding hydrogens is 348 g/mol. The van der Waals surface area contributed by atoms with Gasteiger partial charge in [-0.1, -0.05) is 20.8 Å². The molecule has 0 spiro atoms. The molecule has 27 heavy (non-hydrogen) atoms. The molecule has 0 bridgehead atoms. The molecule has 1 saturated carbocycles. The summed E-state index contributed by atoms with van der Waals surface area (Å²) in [6.45, 7) is 5.95. The number of pyridine rings is 1. The van der Waals surface area contributed by atoms with E-state index in [0.29, 0.717) is 55.7 Å². The van der Waals surface area contributed by atoms with Crippen molar-refractivity contribution in [3.05, 3.63) is 33.2 Å². The van der Waals surface area contributed by atoms with E-state index in [1.165, 1.54) is 6.07 Å². The minimum atomic E-state index is -1.36. The summed E-state index contributed by atoms with van der Waals surface area (Å²) in [6.07, 6.45) is 2.92. The van der Waals surface area contributed by atoms with E-state index in [9.17, 15) is 24.3 Å². The van der Waals surface area contributed by atoms with E-state index in [4.69, 9.17) is 0 Å². The molecule has 7 nitrogen and oxygen atoms in total. The summed E-state index contributed by atoms with van der Waals surface area (Å²) < 4.78 is 0. The molecule has 1 fully saturated rings. The highest BCUT2D eigenvalue weighted by Crippen LogP contribution is 2.34. The minimum absolute atomic E-state index is 0.119. The van der Waals surface area contributed by atoms with Crippen molar-refractivity contribution < 1.29 is 19.5 Å². The number of hydrogen-bond acceptors (Lipinski definition) is 4. The van der Waals surface area contributed by atoms with Crippen LogP contribution in [0, 0.1) is 11.3 Å². The molecule has 2 aliphatic rings. The Labute approximate surface area is 157 Å². The number of amides is 1. The number of ketones is 1. The fourth-order valence-electron chi connectivity index (χ4n) is 4.13. The largest absolute Gasteiger partial charge is 0.480 e. The molecule has 0 aromatic carbocycles. The standard InChI is InChI=1S/C20H26N2O5/c1-11-4-6-20(7-5-11,18(26)27)22-17(25)13-8-12-14(21-16(13)24)9-19(2,3)10-15(12)23/h8,11H,4-7,9-10H2,1-3H3,(H,21,24)(H,22,25)(H,26,27). The van der Waals surface area contributed by atoms with Crippen LogP contribution in [-0.2, 0) is 11.2 Å². The quantitative estimate of drug-likeness (QED) is 0.750. The van der Waals surface area contributed by atoms with Crippen LogP contribution in [0.25, 0.3) is 0 Å². The molecule has 0 radical (unpaired) electrons. The lowest BCUT2D eigenvalue weighted by atomic mass is 9.75. The highest BCUT2D eigenvalue weighted by Gasteiger charge is 2.43. The van der Waals surface area contributed by atoms with Crippen LogP contribution in [0.1, 0.15) is 79.3 Å². The predicted octanol–water partition coefficient (Wildman–Crippen LogP) is 2.29. The first-order valence-corrected chi connectivity index (χ1v) is 9.38. The van der Waals surface area contributed by atoms with E-state index in [1.54, 1.807) is 0 Å². The van der Waals surface area contributed by atoms with Crippen LogP contribution in [0.5, 0.6) is 0 Å². The van der Waals surface area contributed by atoms with Crippen LogP contribution >= 0.6 is 0 Å². The summed E-state index contributed by atoms with van der Waals surface area (Å²) in [4.78, 5) is 52.1. The number of Topliss-reactive ketones (excluding diaryl/α,β-unsaturated/α-hetero) is 1. The number of carboxylic acids is 1. The van der Waals surface area contributed by atoms with Crippen LogP contribution in [0.3, 0.4) is 0 Å². The van der Waals surface area contributed by atoms with Gasteiger partial charge in [0.05, 0.1) is 0 Å². The summed E-state index contributed by atoms with van der Waals surface area (Å²) in [5.41, 5.74) is -1.53. The Kier molecular flexibility index (Phi) is 4.74. The van der Waals surface area contributed by atoms with Crippen molar-refractivity contribution in [2.24, 2.45) is 11.3 Å². The fraction of sp³-hybridized carbons (Fsp3) is 0.600. The number of carbonyl (C=O) groups excluding carboxylic acids is 2. The minimum Gasteiger partial charge on any atom is -0.480 e. The molecule has 0 saturated heterocycles. The van der Waals surface area contributed by atoms with Crippen LogP contribution in [0.15, 0.2) is 10.9 Å². The van der Waals surface area contributed by atoms with Gasteiger partial charge in [0.1, 0.15) is 11.1 Å². The number of hydrogen-bond donors (Lipinski definition) is 3. The van der Waals surface area contributed by atoms with Crippen LogP contribution in [0.2, 0.25) is 0 Å². The third-order valence-corrected chi connectivity index (χ3v) is 5.85. The fourth-order valence-corrected chi connectivity index (χ4v) is 4.13. The second-order valence-corrected chi connectivity index (χ2v) is 8.87. The van der Waals surface area contributed by atoms with Gasteiger partial charge in [0.15, 0.2) is 5.78 Å². The molecule has 2 aliphatic carbocycles. The predicted molar refractivity (Wildman–Crippen MR) is 99.0 cm³/mol. The summed E-state index contributed by atoms with van der Waals surface area (Å²) in [6, 6.07) is 1.32. The molecule has 3 rings (SSSR count). The van der Waals surface area contributed by atoms with Crippen molar-refractivity contribution in [2.75, 3.05) is 0 Å². The molecule has 7 heteroatoms. The maximum atomic E-state index is 12.7. The Balaban J connectivity index is 1.92. The molecule has 1 aromatic rings. The van der Waals surface area contributed by atoms with E-state index in [-0.39, 0.29) is 16.8 Å². The van der Waals surface area contributed by atoms with Gasteiger partial charge in [0.2, 0.25) is 0 Å². The highest BCUT2D eigenvalue weighted by molar-refractivity contribution is 6.03. The van der Waals surface area contributed by atoms with Crippen molar-refractivity contribution in [3.8, 4) is 0 Å². The van der Waals surface area contributed by atoms with E-state index in [1.807, 2.05) is 13.8 Å². The van der Waals surface area contributed by atoms with E-state index >= 15 is 0 Å². The number of aromatic nitrogens is 1. The highest BCUT2D eigenvalue weighted by atomic mass is 16.4. The zero-order valence-electron chi connectivity index (χ0n) is 16.0. The second kappa shape index (κ2) is 6.62. The smallest absolute Gasteiger partial charge is 0.329 e. The van der Waals surface area contributed by atoms with Gasteiger partial charge in [-0.3, -0.25) is 14.4 Å². The molecule has 1 amide bonds. The number of aliphatic carboxylic acids is 1. The third kappa shape index (κ3) is 3.68. The lowest BCUT2D eigenvalue weighted by Gasteiger charge is -2.36. The lowest BCUT2D eigenvalue weighted by Crippen LogP contribution is -2.57. The zero-order chi connectivity index (χ0) is 20.0. The maximum absolute atomic E-state index is 12.7. The second-order valence-electron chi connectivity index (χ2n) is 8.87. The Morgan fingerprint density at radius 1 is 1.19 bits per heavy atom. The number of carbonyl (C=O) groups is 3. The van der Waals surface area contributed by atoms with Gasteiger partial charge in [-0.05, 0) is 49.5 Å². The summed E-state index contributed by atoms with van der Waals surface area (Å²) >= 11 is 0. The summed E-state index contributed by atoms with van der Waals surface area (Å²) in [7, 11) is 0. The van der Waals surface area contributed by atoms with Crippen LogP contribution < -0.4 is 10.9 Å². The maximum Gasteiger partial charge on any atom is 0.329 e. The molecule has 1 aromatic heterocycles. The van der Waals surface area contributed by atoms with Crippen molar-refractivity contribution >= 4 is 17.7 Å². The lowest BCUT2D eigenvalue weighted by molar-refractivity contribution is -0.146. The molecular formula is C20H26N2O5. The van der Waals surface area contributed by atoms with Gasteiger partial charge in [0, 0.05) is 17.7 Å². The molecule has 0 aliphatic heterocycles. The van der Waals surface area contributed by atoms with E-state index in [0.717, 1.165) is 0 Å². The monoisotopic (exact) mass is 374 g/mol. The molecule has 3 N–H and O–H groups in total. The average Bonchev–Trinajstić information content (AvgIpc) is 2.55. The van der Waals surface area contributed by atoms with Gasteiger partial charge in [-0.2, -0.15) is 0 Å². The van der Waals surface area contributed by atoms with Gasteiger partial charge < -0.3 is 15.4 Å². The zero-order valence-corrected chi connectivity index (χ0v) is 16.0. The molecule has 146 valence electrons. The van der Waals surface area contributed by atoms with Crippen molar-refractivity contribution in [2.45, 2.75) is 64.8 Å². The number of H-pyrrole nitrogens is 1. The molecule has 0 atom stereocenters. The van der Waals surface area contributed by atoms with Crippen LogP contribution in [-0.4, -0.2) is 33.3 Å². The van der Waals surface area contributed by atoms with Gasteiger partial charge in [0.25, 0.3) is 11.5 Å². The average molecular weight is 374 g/mol. The number of aromatic amines is 1. The SMILES string of the molecule is CC1CCC(NC(=O)c2cc3c([nH]c2=O)CC(C)(C)CC3=O)(C(=O)O)CC1. The van der Waals surface area contributed by atoms with Crippen molar-refractivity contribution in [1.29, 1.82) is 0 Å². The number of fused-ring (bicyclic) bond motifs is 1. The Bertz CT molecular complexity index is 860. The topological polar surface area (TPSA) is 116 Å². The Morgan fingerprint density at radius 3 is 2.41 bits per heavy atom. The first-order chi connectivity index (χ1) is 12.5. The summed E-state index contributed by atoms with van der Waals surface area (Å²) in [5.74, 6) is -1.54. The molecule has 0 unspecified atom stereocenters. The van der Waals surface area contributed by atoms with Crippen LogP contribution in [0.4, 0.5) is 0 Å². The first-order valence-electron chi connectivity index (χ1n) is 9.38. The van der Waals surface area contributed by atoms with E-state index in [2.05, 4.69) is 17.2 Å². The van der Waals surface area contributed by atoms with Gasteiger partial charge in [-0.15, -0.1) is 0 Å². The van der Waals surface area contributed by atoms with Gasteiger partial charge >= 0.3 is 5.97 Å². The Morgan fingerprint density at radius 2 is 1.81 bits per heavy atom. The third-order valence-electron chi connectivity index (χ3n) is 5.85. The molecule has 1 heterocycles. The first kappa shape index (κ1) is 19.3. The van der Waals surface area contributed by atoms with Crippen molar-refractivity contribution in [3.63, 3.8) is 0 Å². The number of carboxylic acid groups (broad SMARTS) is 1. The normalized spacial score (nSPS) is 26.9. The summed E-state index contributed by atoms with van der Waals surface area (Å²) in [5, 5.41) is 12.3.